The van der Waals surface area contributed by atoms with Crippen molar-refractivity contribution in [2.24, 2.45) is 11.3 Å². The third kappa shape index (κ3) is 1.51. The lowest BCUT2D eigenvalue weighted by atomic mass is 10.0. The molecule has 1 fully saturated rings. The van der Waals surface area contributed by atoms with Crippen molar-refractivity contribution in [2.75, 3.05) is 0 Å². The first-order valence-electron chi connectivity index (χ1n) is 4.26. The summed E-state index contributed by atoms with van der Waals surface area (Å²) < 4.78 is 0. The number of aliphatic hydroxyl groups excluding tert-OH is 1. The van der Waals surface area contributed by atoms with Gasteiger partial charge in [-0.05, 0) is 24.2 Å². The Morgan fingerprint density at radius 2 is 2.10 bits per heavy atom. The molecule has 1 N–H and O–H groups in total. The highest BCUT2D eigenvalue weighted by molar-refractivity contribution is 4.98. The number of aliphatic hydroxyl groups is 1. The molecule has 0 saturated heterocycles. The highest BCUT2D eigenvalue weighted by Gasteiger charge is 2.49. The van der Waals surface area contributed by atoms with Crippen LogP contribution in [0.4, 0.5) is 0 Å². The lowest BCUT2D eigenvalue weighted by Crippen LogP contribution is -2.12. The predicted octanol–water partition coefficient (Wildman–Crippen LogP) is 2.19. The van der Waals surface area contributed by atoms with E-state index < -0.39 is 0 Å². The van der Waals surface area contributed by atoms with Gasteiger partial charge >= 0.3 is 0 Å². The van der Waals surface area contributed by atoms with Gasteiger partial charge < -0.3 is 5.11 Å². The van der Waals surface area contributed by atoms with Crippen molar-refractivity contribution < 1.29 is 5.11 Å². The van der Waals surface area contributed by atoms with E-state index in [1.807, 2.05) is 0 Å². The van der Waals surface area contributed by atoms with Crippen LogP contribution in [-0.4, -0.2) is 11.2 Å². The molecule has 1 aliphatic rings. The van der Waals surface area contributed by atoms with Gasteiger partial charge in [0.05, 0.1) is 6.10 Å². The van der Waals surface area contributed by atoms with Crippen LogP contribution in [0.5, 0.6) is 0 Å². The van der Waals surface area contributed by atoms with Crippen LogP contribution in [0, 0.1) is 11.3 Å². The molecule has 0 aromatic carbocycles. The van der Waals surface area contributed by atoms with E-state index in [1.54, 1.807) is 0 Å². The molecule has 0 heterocycles. The Morgan fingerprint density at radius 1 is 1.60 bits per heavy atom. The summed E-state index contributed by atoms with van der Waals surface area (Å²) in [5.41, 5.74) is 0.439. The monoisotopic (exact) mass is 142 g/mol. The minimum atomic E-state index is -0.0278. The Labute approximate surface area is 63.4 Å². The molecule has 0 aromatic rings. The topological polar surface area (TPSA) is 20.2 Å². The van der Waals surface area contributed by atoms with E-state index in [2.05, 4.69) is 20.8 Å². The summed E-state index contributed by atoms with van der Waals surface area (Å²) >= 11 is 0. The van der Waals surface area contributed by atoms with Crippen LogP contribution in [-0.2, 0) is 0 Å². The van der Waals surface area contributed by atoms with Gasteiger partial charge in [-0.3, -0.25) is 0 Å². The molecule has 0 radical (unpaired) electrons. The Bertz CT molecular complexity index is 118. The maximum Gasteiger partial charge on any atom is 0.0573 e. The maximum atomic E-state index is 9.52. The minimum absolute atomic E-state index is 0.0278. The van der Waals surface area contributed by atoms with Gasteiger partial charge in [0, 0.05) is 0 Å². The average Bonchev–Trinajstić information content (AvgIpc) is 2.41. The lowest BCUT2D eigenvalue weighted by molar-refractivity contribution is 0.126. The van der Waals surface area contributed by atoms with E-state index in [9.17, 15) is 5.11 Å². The standard InChI is InChI=1S/C9H18O/c1-4-5-8(10)7-6-9(7,2)3/h7-8,10H,4-6H2,1-3H3/t7?,8-/m0/s1. The molecule has 1 aliphatic carbocycles. The zero-order chi connectivity index (χ0) is 7.78. The third-order valence-corrected chi connectivity index (χ3v) is 2.64. The van der Waals surface area contributed by atoms with Gasteiger partial charge in [0.1, 0.15) is 0 Å². The number of hydrogen-bond donors (Lipinski definition) is 1. The van der Waals surface area contributed by atoms with Crippen molar-refractivity contribution in [1.82, 2.24) is 0 Å². The van der Waals surface area contributed by atoms with Gasteiger partial charge in [-0.1, -0.05) is 27.2 Å². The first-order chi connectivity index (χ1) is 4.58. The third-order valence-electron chi connectivity index (χ3n) is 2.64. The Morgan fingerprint density at radius 3 is 2.40 bits per heavy atom. The highest BCUT2D eigenvalue weighted by Crippen LogP contribution is 2.54. The average molecular weight is 142 g/mol. The highest BCUT2D eigenvalue weighted by atomic mass is 16.3. The Hall–Kier alpha value is -0.0400. The second-order valence-corrected chi connectivity index (χ2v) is 4.16. The molecule has 0 spiro atoms. The van der Waals surface area contributed by atoms with Crippen LogP contribution in [0.3, 0.4) is 0 Å². The van der Waals surface area contributed by atoms with Crippen LogP contribution in [0.25, 0.3) is 0 Å². The predicted molar refractivity (Wildman–Crippen MR) is 42.8 cm³/mol. The number of hydrogen-bond acceptors (Lipinski definition) is 1. The van der Waals surface area contributed by atoms with Gasteiger partial charge in [0.15, 0.2) is 0 Å². The summed E-state index contributed by atoms with van der Waals surface area (Å²) in [6.45, 7) is 6.59. The van der Waals surface area contributed by atoms with Crippen molar-refractivity contribution in [2.45, 2.75) is 46.1 Å². The molecule has 0 aliphatic heterocycles. The zero-order valence-electron chi connectivity index (χ0n) is 7.22. The summed E-state index contributed by atoms with van der Waals surface area (Å²) in [5.74, 6) is 0.590. The van der Waals surface area contributed by atoms with Crippen LogP contribution in [0.1, 0.15) is 40.0 Å². The fraction of sp³-hybridized carbons (Fsp3) is 1.00. The molecule has 0 amide bonds. The van der Waals surface area contributed by atoms with Gasteiger partial charge in [-0.2, -0.15) is 0 Å². The summed E-state index contributed by atoms with van der Waals surface area (Å²) in [6, 6.07) is 0. The van der Waals surface area contributed by atoms with Crippen molar-refractivity contribution in [3.63, 3.8) is 0 Å². The molecule has 0 aromatic heterocycles. The van der Waals surface area contributed by atoms with Gasteiger partial charge in [0.25, 0.3) is 0 Å². The van der Waals surface area contributed by atoms with Gasteiger partial charge in [0.2, 0.25) is 0 Å². The van der Waals surface area contributed by atoms with Crippen molar-refractivity contribution in [1.29, 1.82) is 0 Å². The molecule has 1 unspecified atom stereocenters. The second-order valence-electron chi connectivity index (χ2n) is 4.16. The largest absolute Gasteiger partial charge is 0.393 e. The summed E-state index contributed by atoms with van der Waals surface area (Å²) in [4.78, 5) is 0. The molecule has 0 bridgehead atoms. The smallest absolute Gasteiger partial charge is 0.0573 e. The molecule has 1 rings (SSSR count). The van der Waals surface area contributed by atoms with E-state index in [4.69, 9.17) is 0 Å². The quantitative estimate of drug-likeness (QED) is 0.640. The molecule has 1 nitrogen and oxygen atoms in total. The lowest BCUT2D eigenvalue weighted by Gasteiger charge is -2.09. The van der Waals surface area contributed by atoms with Gasteiger partial charge in [-0.25, -0.2) is 0 Å². The van der Waals surface area contributed by atoms with Crippen LogP contribution in [0.15, 0.2) is 0 Å². The number of rotatable bonds is 3. The van der Waals surface area contributed by atoms with Crippen LogP contribution < -0.4 is 0 Å². The van der Waals surface area contributed by atoms with Crippen molar-refractivity contribution >= 4 is 0 Å². The Kier molecular flexibility index (Phi) is 2.04. The summed E-state index contributed by atoms with van der Waals surface area (Å²) in [7, 11) is 0. The van der Waals surface area contributed by atoms with E-state index in [1.165, 1.54) is 6.42 Å². The molecular formula is C9H18O. The molecule has 1 heteroatoms. The fourth-order valence-corrected chi connectivity index (χ4v) is 1.66. The molecule has 60 valence electrons. The zero-order valence-corrected chi connectivity index (χ0v) is 7.22. The maximum absolute atomic E-state index is 9.52. The summed E-state index contributed by atoms with van der Waals surface area (Å²) in [5, 5.41) is 9.52. The second kappa shape index (κ2) is 2.54. The van der Waals surface area contributed by atoms with E-state index >= 15 is 0 Å². The molecule has 10 heavy (non-hydrogen) atoms. The van der Waals surface area contributed by atoms with E-state index in [0.29, 0.717) is 11.3 Å². The van der Waals surface area contributed by atoms with E-state index in [0.717, 1.165) is 12.8 Å². The van der Waals surface area contributed by atoms with Crippen LogP contribution >= 0.6 is 0 Å². The normalized spacial score (nSPS) is 31.8. The minimum Gasteiger partial charge on any atom is -0.393 e. The summed E-state index contributed by atoms with van der Waals surface area (Å²) in [6.07, 6.45) is 3.27. The fourth-order valence-electron chi connectivity index (χ4n) is 1.66. The first kappa shape index (κ1) is 8.06. The van der Waals surface area contributed by atoms with E-state index in [-0.39, 0.29) is 6.10 Å². The van der Waals surface area contributed by atoms with Crippen molar-refractivity contribution in [3.8, 4) is 0 Å². The first-order valence-corrected chi connectivity index (χ1v) is 4.26. The Balaban J connectivity index is 2.25. The molecule has 1 saturated carbocycles. The van der Waals surface area contributed by atoms with Crippen LogP contribution in [0.2, 0.25) is 0 Å². The SMILES string of the molecule is CCC[C@H](O)C1CC1(C)C. The molecule has 2 atom stereocenters. The van der Waals surface area contributed by atoms with Crippen molar-refractivity contribution in [3.05, 3.63) is 0 Å². The van der Waals surface area contributed by atoms with Gasteiger partial charge in [-0.15, -0.1) is 0 Å². The molecular weight excluding hydrogens is 124 g/mol.